The van der Waals surface area contributed by atoms with E-state index < -0.39 is 15.1 Å². The van der Waals surface area contributed by atoms with Crippen LogP contribution in [0.5, 0.6) is 5.75 Å². The molecule has 0 spiro atoms. The molecule has 0 saturated heterocycles. The summed E-state index contributed by atoms with van der Waals surface area (Å²) in [5.74, 6) is 0.404. The van der Waals surface area contributed by atoms with E-state index in [9.17, 15) is 13.2 Å². The van der Waals surface area contributed by atoms with Gasteiger partial charge in [-0.3, -0.25) is 4.79 Å². The molecule has 0 bridgehead atoms. The third kappa shape index (κ3) is 2.52. The van der Waals surface area contributed by atoms with Crippen LogP contribution in [0, 0.1) is 0 Å². The number of ketones is 1. The maximum absolute atomic E-state index is 12.2. The van der Waals surface area contributed by atoms with Crippen LogP contribution >= 0.6 is 0 Å². The molecule has 0 aromatic heterocycles. The topological polar surface area (TPSA) is 60.4 Å². The molecule has 104 valence electrons. The summed E-state index contributed by atoms with van der Waals surface area (Å²) in [6, 6.07) is 5.13. The molecule has 0 radical (unpaired) electrons. The minimum Gasteiger partial charge on any atom is -0.492 e. The second-order valence-electron chi connectivity index (χ2n) is 5.72. The van der Waals surface area contributed by atoms with Crippen LogP contribution in [0.25, 0.3) is 0 Å². The van der Waals surface area contributed by atoms with Gasteiger partial charge < -0.3 is 4.74 Å². The number of benzene rings is 1. The predicted octanol–water partition coefficient (Wildman–Crippen LogP) is 1.97. The minimum absolute atomic E-state index is 0.153. The van der Waals surface area contributed by atoms with Gasteiger partial charge in [0.25, 0.3) is 0 Å². The van der Waals surface area contributed by atoms with Gasteiger partial charge in [0.2, 0.25) is 0 Å². The lowest BCUT2D eigenvalue weighted by Crippen LogP contribution is -2.26. The number of fused-ring (bicyclic) bond motifs is 1. The van der Waals surface area contributed by atoms with Crippen LogP contribution in [0.3, 0.4) is 0 Å². The van der Waals surface area contributed by atoms with Crippen molar-refractivity contribution >= 4 is 15.6 Å². The van der Waals surface area contributed by atoms with Crippen LogP contribution in [0.4, 0.5) is 0 Å². The number of rotatable bonds is 3. The fourth-order valence-electron chi connectivity index (χ4n) is 2.10. The summed E-state index contributed by atoms with van der Waals surface area (Å²) in [6.45, 7) is 6.06. The Balaban J connectivity index is 2.42. The molecular formula is C14H18O4S. The molecule has 1 aromatic rings. The number of hydrogen-bond donors (Lipinski definition) is 0. The van der Waals surface area contributed by atoms with E-state index in [0.29, 0.717) is 12.2 Å². The summed E-state index contributed by atoms with van der Waals surface area (Å²) in [5.41, 5.74) is 1.23. The molecule has 1 aromatic carbocycles. The number of sulfone groups is 1. The van der Waals surface area contributed by atoms with E-state index in [4.69, 9.17) is 4.74 Å². The van der Waals surface area contributed by atoms with Crippen molar-refractivity contribution in [2.45, 2.75) is 31.4 Å². The van der Waals surface area contributed by atoms with Gasteiger partial charge in [-0.05, 0) is 25.1 Å². The third-order valence-corrected chi connectivity index (χ3v) is 5.09. The molecule has 1 atom stereocenters. The Labute approximate surface area is 113 Å². The Kier molecular flexibility index (Phi) is 3.21. The highest BCUT2D eigenvalue weighted by Gasteiger charge is 2.33. The molecule has 0 amide bonds. The largest absolute Gasteiger partial charge is 0.492 e. The lowest BCUT2D eigenvalue weighted by molar-refractivity contribution is 0.0991. The number of carbonyl (C=O) groups is 1. The first-order valence-corrected chi connectivity index (χ1v) is 8.09. The monoisotopic (exact) mass is 282 g/mol. The fraction of sp³-hybridized carbons (Fsp3) is 0.500. The summed E-state index contributed by atoms with van der Waals surface area (Å²) in [7, 11) is -3.37. The first kappa shape index (κ1) is 14.1. The third-order valence-electron chi connectivity index (χ3n) is 3.59. The summed E-state index contributed by atoms with van der Waals surface area (Å²) in [6.07, 6.45) is 1.08. The summed E-state index contributed by atoms with van der Waals surface area (Å²) in [5, 5.41) is -1.02. The van der Waals surface area contributed by atoms with Gasteiger partial charge in [-0.25, -0.2) is 8.42 Å². The molecule has 19 heavy (non-hydrogen) atoms. The zero-order valence-corrected chi connectivity index (χ0v) is 12.4. The zero-order chi connectivity index (χ0) is 14.4. The van der Waals surface area contributed by atoms with Crippen molar-refractivity contribution < 1.29 is 17.9 Å². The van der Waals surface area contributed by atoms with Gasteiger partial charge >= 0.3 is 0 Å². The van der Waals surface area contributed by atoms with Gasteiger partial charge in [-0.1, -0.05) is 13.8 Å². The number of hydrogen-bond acceptors (Lipinski definition) is 4. The van der Waals surface area contributed by atoms with Gasteiger partial charge in [0.15, 0.2) is 15.6 Å². The van der Waals surface area contributed by atoms with Crippen molar-refractivity contribution in [3.8, 4) is 5.75 Å². The standard InChI is InChI=1S/C14H18O4S/c1-9(19(4,16)17)13(15)10-5-6-12-11(7-10)14(2,3)8-18-12/h5-7,9H,8H2,1-4H3. The second-order valence-corrected chi connectivity index (χ2v) is 8.09. The normalized spacial score (nSPS) is 18.5. The van der Waals surface area contributed by atoms with E-state index >= 15 is 0 Å². The highest BCUT2D eigenvalue weighted by molar-refractivity contribution is 7.92. The van der Waals surface area contributed by atoms with Crippen molar-refractivity contribution in [1.82, 2.24) is 0 Å². The summed E-state index contributed by atoms with van der Waals surface area (Å²) in [4.78, 5) is 12.2. The van der Waals surface area contributed by atoms with Crippen molar-refractivity contribution in [2.24, 2.45) is 0 Å². The Hall–Kier alpha value is -1.36. The van der Waals surface area contributed by atoms with Crippen molar-refractivity contribution in [2.75, 3.05) is 12.9 Å². The van der Waals surface area contributed by atoms with Gasteiger partial charge in [0.05, 0.1) is 6.61 Å². The Morgan fingerprint density at radius 1 is 1.37 bits per heavy atom. The Morgan fingerprint density at radius 2 is 2.00 bits per heavy atom. The average Bonchev–Trinajstić information content (AvgIpc) is 2.62. The van der Waals surface area contributed by atoms with Gasteiger partial charge in [0.1, 0.15) is 11.0 Å². The Bertz CT molecular complexity index is 629. The predicted molar refractivity (Wildman–Crippen MR) is 73.6 cm³/mol. The second kappa shape index (κ2) is 4.34. The minimum atomic E-state index is -3.37. The van der Waals surface area contributed by atoms with E-state index in [-0.39, 0.29) is 11.2 Å². The van der Waals surface area contributed by atoms with Crippen LogP contribution in [-0.2, 0) is 15.3 Å². The molecule has 1 aliphatic rings. The average molecular weight is 282 g/mol. The van der Waals surface area contributed by atoms with E-state index in [1.165, 1.54) is 6.92 Å². The van der Waals surface area contributed by atoms with E-state index in [1.807, 2.05) is 13.8 Å². The van der Waals surface area contributed by atoms with Crippen LogP contribution in [0.15, 0.2) is 18.2 Å². The van der Waals surface area contributed by atoms with Crippen molar-refractivity contribution in [3.05, 3.63) is 29.3 Å². The molecule has 1 aliphatic heterocycles. The molecular weight excluding hydrogens is 264 g/mol. The quantitative estimate of drug-likeness (QED) is 0.795. The van der Waals surface area contributed by atoms with Gasteiger partial charge in [0, 0.05) is 22.8 Å². The SMILES string of the molecule is CC(C(=O)c1ccc2c(c1)C(C)(C)CO2)S(C)(=O)=O. The van der Waals surface area contributed by atoms with Crippen molar-refractivity contribution in [1.29, 1.82) is 0 Å². The molecule has 2 rings (SSSR count). The van der Waals surface area contributed by atoms with E-state index in [2.05, 4.69) is 0 Å². The molecule has 0 saturated carbocycles. The van der Waals surface area contributed by atoms with E-state index in [0.717, 1.165) is 17.6 Å². The van der Waals surface area contributed by atoms with Crippen LogP contribution in [-0.4, -0.2) is 32.3 Å². The molecule has 0 fully saturated rings. The highest BCUT2D eigenvalue weighted by Crippen LogP contribution is 2.38. The summed E-state index contributed by atoms with van der Waals surface area (Å²) >= 11 is 0. The zero-order valence-electron chi connectivity index (χ0n) is 11.6. The Morgan fingerprint density at radius 3 is 2.58 bits per heavy atom. The van der Waals surface area contributed by atoms with Crippen LogP contribution < -0.4 is 4.74 Å². The molecule has 1 heterocycles. The molecule has 0 N–H and O–H groups in total. The highest BCUT2D eigenvalue weighted by atomic mass is 32.2. The molecule has 0 aliphatic carbocycles. The first-order valence-electron chi connectivity index (χ1n) is 6.13. The number of carbonyl (C=O) groups excluding carboxylic acids is 1. The first-order chi connectivity index (χ1) is 8.63. The van der Waals surface area contributed by atoms with Crippen LogP contribution in [0.2, 0.25) is 0 Å². The maximum atomic E-state index is 12.2. The lowest BCUT2D eigenvalue weighted by Gasteiger charge is -2.16. The smallest absolute Gasteiger partial charge is 0.180 e. The summed E-state index contributed by atoms with van der Waals surface area (Å²) < 4.78 is 28.5. The number of Topliss-reactive ketones (excluding diaryl/α,β-unsaturated/α-hetero) is 1. The lowest BCUT2D eigenvalue weighted by atomic mass is 9.85. The molecule has 1 unspecified atom stereocenters. The number of ether oxygens (including phenoxy) is 1. The molecule has 5 heteroatoms. The van der Waals surface area contributed by atoms with Gasteiger partial charge in [-0.2, -0.15) is 0 Å². The maximum Gasteiger partial charge on any atom is 0.180 e. The van der Waals surface area contributed by atoms with E-state index in [1.54, 1.807) is 18.2 Å². The van der Waals surface area contributed by atoms with Crippen molar-refractivity contribution in [3.63, 3.8) is 0 Å². The van der Waals surface area contributed by atoms with Crippen LogP contribution in [0.1, 0.15) is 36.7 Å². The fourth-order valence-corrected chi connectivity index (χ4v) is 2.63. The van der Waals surface area contributed by atoms with Gasteiger partial charge in [-0.15, -0.1) is 0 Å². The molecule has 4 nitrogen and oxygen atoms in total.